The minimum Gasteiger partial charge on any atom is -0.497 e. The number of ether oxygens (including phenoxy) is 1. The molecule has 3 aromatic carbocycles. The maximum Gasteiger partial charge on any atom is 0.436 e. The van der Waals surface area contributed by atoms with E-state index in [0.29, 0.717) is 10.4 Å². The topological polar surface area (TPSA) is 140 Å². The number of nitriles is 1. The van der Waals surface area contributed by atoms with E-state index in [1.807, 2.05) is 0 Å². The van der Waals surface area contributed by atoms with Crippen LogP contribution in [0.25, 0.3) is 16.8 Å². The van der Waals surface area contributed by atoms with Crippen LogP contribution in [0.15, 0.2) is 71.6 Å². The highest BCUT2D eigenvalue weighted by Gasteiger charge is 2.41. The van der Waals surface area contributed by atoms with Crippen molar-refractivity contribution in [2.75, 3.05) is 12.4 Å². The van der Waals surface area contributed by atoms with Gasteiger partial charge in [0.1, 0.15) is 23.2 Å². The molecule has 14 heteroatoms. The molecule has 4 rings (SSSR count). The predicted octanol–water partition coefficient (Wildman–Crippen LogP) is 4.48. The van der Waals surface area contributed by atoms with Crippen molar-refractivity contribution in [3.05, 3.63) is 89.5 Å². The summed E-state index contributed by atoms with van der Waals surface area (Å²) in [4.78, 5) is 12.8. The van der Waals surface area contributed by atoms with Crippen LogP contribution < -0.4 is 15.2 Å². The lowest BCUT2D eigenvalue weighted by Gasteiger charge is -2.12. The Bertz CT molecular complexity index is 1730. The highest BCUT2D eigenvalue weighted by Crippen LogP contribution is 2.34. The number of methoxy groups -OCH3 is 1. The summed E-state index contributed by atoms with van der Waals surface area (Å²) in [6.45, 7) is 0. The SMILES string of the molecule is COc1ccc(-n2nc(C(F)(F)F)c(C#N)c2C(=O)Nc2ccc(-c3ccccc3S(N)(=O)=O)c(F)c2)cc1. The van der Waals surface area contributed by atoms with Crippen LogP contribution in [0.1, 0.15) is 21.7 Å². The Morgan fingerprint density at radius 2 is 1.74 bits per heavy atom. The first-order valence-electron chi connectivity index (χ1n) is 10.8. The van der Waals surface area contributed by atoms with Gasteiger partial charge in [0.15, 0.2) is 11.4 Å². The number of amides is 1. The van der Waals surface area contributed by atoms with Crippen molar-refractivity contribution in [3.8, 4) is 28.6 Å². The number of primary sulfonamides is 1. The molecule has 0 saturated carbocycles. The van der Waals surface area contributed by atoms with Gasteiger partial charge in [0.2, 0.25) is 10.0 Å². The van der Waals surface area contributed by atoms with E-state index in [-0.39, 0.29) is 27.4 Å². The van der Waals surface area contributed by atoms with Gasteiger partial charge in [-0.05, 0) is 48.5 Å². The van der Waals surface area contributed by atoms with E-state index in [0.717, 1.165) is 6.07 Å². The van der Waals surface area contributed by atoms with E-state index in [4.69, 9.17) is 9.88 Å². The first kappa shape index (κ1) is 27.3. The highest BCUT2D eigenvalue weighted by molar-refractivity contribution is 7.89. The number of nitrogens with two attached hydrogens (primary N) is 1. The lowest BCUT2D eigenvalue weighted by Crippen LogP contribution is -2.18. The lowest BCUT2D eigenvalue weighted by molar-refractivity contribution is -0.141. The summed E-state index contributed by atoms with van der Waals surface area (Å²) in [6, 6.07) is 15.5. The monoisotopic (exact) mass is 559 g/mol. The van der Waals surface area contributed by atoms with Crippen LogP contribution in [-0.2, 0) is 16.2 Å². The standard InChI is InChI=1S/C25H17F4N5O4S/c1-38-16-9-7-15(8-10-16)34-22(19(13-30)23(33-34)25(27,28)29)24(35)32-14-6-11-17(20(26)12-14)18-4-2-3-5-21(18)39(31,36)37/h2-12H,1H3,(H,32,35)(H2,31,36,37). The summed E-state index contributed by atoms with van der Waals surface area (Å²) >= 11 is 0. The molecule has 0 aliphatic rings. The molecular formula is C25H17F4N5O4S. The van der Waals surface area contributed by atoms with Gasteiger partial charge in [0.25, 0.3) is 5.91 Å². The molecule has 1 aromatic heterocycles. The zero-order valence-corrected chi connectivity index (χ0v) is 20.6. The van der Waals surface area contributed by atoms with Crippen molar-refractivity contribution in [1.29, 1.82) is 5.26 Å². The number of rotatable bonds is 6. The highest BCUT2D eigenvalue weighted by atomic mass is 32.2. The van der Waals surface area contributed by atoms with E-state index < -0.39 is 44.9 Å². The van der Waals surface area contributed by atoms with E-state index in [9.17, 15) is 31.6 Å². The van der Waals surface area contributed by atoms with E-state index >= 15 is 4.39 Å². The fourth-order valence-electron chi connectivity index (χ4n) is 3.78. The fourth-order valence-corrected chi connectivity index (χ4v) is 4.53. The quantitative estimate of drug-likeness (QED) is 0.334. The van der Waals surface area contributed by atoms with Crippen LogP contribution >= 0.6 is 0 Å². The predicted molar refractivity (Wildman–Crippen MR) is 131 cm³/mol. The molecule has 39 heavy (non-hydrogen) atoms. The van der Waals surface area contributed by atoms with Gasteiger partial charge in [-0.1, -0.05) is 18.2 Å². The maximum absolute atomic E-state index is 15.1. The van der Waals surface area contributed by atoms with Gasteiger partial charge >= 0.3 is 6.18 Å². The number of carbonyl (C=O) groups excluding carboxylic acids is 1. The first-order chi connectivity index (χ1) is 18.3. The summed E-state index contributed by atoms with van der Waals surface area (Å²) in [5.74, 6) is -1.75. The molecule has 1 amide bonds. The number of sulfonamides is 1. The third-order valence-corrected chi connectivity index (χ3v) is 6.48. The number of carbonyl (C=O) groups is 1. The number of alkyl halides is 3. The molecule has 1 heterocycles. The number of aromatic nitrogens is 2. The lowest BCUT2D eigenvalue weighted by atomic mass is 10.0. The summed E-state index contributed by atoms with van der Waals surface area (Å²) in [5, 5.41) is 20.4. The Balaban J connectivity index is 1.77. The Hall–Kier alpha value is -4.74. The van der Waals surface area contributed by atoms with Crippen LogP contribution in [-0.4, -0.2) is 31.2 Å². The van der Waals surface area contributed by atoms with Crippen LogP contribution in [0, 0.1) is 17.1 Å². The summed E-state index contributed by atoms with van der Waals surface area (Å²) in [6.07, 6.45) is -5.05. The summed E-state index contributed by atoms with van der Waals surface area (Å²) in [5.41, 5.74) is -3.70. The second-order valence-corrected chi connectivity index (χ2v) is 9.51. The molecule has 0 radical (unpaired) electrons. The van der Waals surface area contributed by atoms with Crippen LogP contribution in [0.5, 0.6) is 5.75 Å². The normalized spacial score (nSPS) is 11.6. The number of hydrogen-bond donors (Lipinski definition) is 2. The first-order valence-corrected chi connectivity index (χ1v) is 12.4. The van der Waals surface area contributed by atoms with Crippen LogP contribution in [0.4, 0.5) is 23.2 Å². The van der Waals surface area contributed by atoms with Gasteiger partial charge in [-0.2, -0.15) is 23.5 Å². The van der Waals surface area contributed by atoms with E-state index in [1.165, 1.54) is 73.8 Å². The number of nitrogens with zero attached hydrogens (tertiary/aromatic N) is 3. The summed E-state index contributed by atoms with van der Waals surface area (Å²) < 4.78 is 85.5. The Kier molecular flexibility index (Phi) is 7.14. The molecule has 0 fully saturated rings. The Morgan fingerprint density at radius 1 is 1.08 bits per heavy atom. The average molecular weight is 560 g/mol. The fraction of sp³-hybridized carbons (Fsp3) is 0.0800. The Labute approximate surface area is 219 Å². The second-order valence-electron chi connectivity index (χ2n) is 7.98. The number of nitrogens with one attached hydrogen (secondary N) is 1. The van der Waals surface area contributed by atoms with Crippen molar-refractivity contribution >= 4 is 21.6 Å². The number of hydrogen-bond acceptors (Lipinski definition) is 6. The molecule has 0 aliphatic heterocycles. The van der Waals surface area contributed by atoms with Crippen LogP contribution in [0.2, 0.25) is 0 Å². The molecule has 200 valence electrons. The van der Waals surface area contributed by atoms with E-state index in [1.54, 1.807) is 0 Å². The minimum atomic E-state index is -5.05. The second kappa shape index (κ2) is 10.2. The molecule has 0 bridgehead atoms. The molecule has 0 saturated heterocycles. The van der Waals surface area contributed by atoms with E-state index in [2.05, 4.69) is 10.4 Å². The third-order valence-electron chi connectivity index (χ3n) is 5.51. The molecule has 3 N–H and O–H groups in total. The minimum absolute atomic E-state index is 0.0223. The van der Waals surface area contributed by atoms with Crippen molar-refractivity contribution in [3.63, 3.8) is 0 Å². The summed E-state index contributed by atoms with van der Waals surface area (Å²) in [7, 11) is -2.81. The number of anilines is 1. The van der Waals surface area contributed by atoms with Crippen LogP contribution in [0.3, 0.4) is 0 Å². The van der Waals surface area contributed by atoms with Gasteiger partial charge in [0, 0.05) is 16.8 Å². The molecule has 0 atom stereocenters. The Morgan fingerprint density at radius 3 is 2.31 bits per heavy atom. The van der Waals surface area contributed by atoms with Crippen molar-refractivity contribution in [1.82, 2.24) is 9.78 Å². The van der Waals surface area contributed by atoms with Crippen molar-refractivity contribution in [2.45, 2.75) is 11.1 Å². The van der Waals surface area contributed by atoms with Crippen molar-refractivity contribution in [2.24, 2.45) is 5.14 Å². The zero-order valence-electron chi connectivity index (χ0n) is 19.8. The third kappa shape index (κ3) is 5.44. The van der Waals surface area contributed by atoms with Gasteiger partial charge in [-0.3, -0.25) is 4.79 Å². The van der Waals surface area contributed by atoms with Gasteiger partial charge in [-0.25, -0.2) is 22.6 Å². The molecule has 0 aliphatic carbocycles. The molecule has 0 unspecified atom stereocenters. The smallest absolute Gasteiger partial charge is 0.436 e. The molecular weight excluding hydrogens is 542 g/mol. The van der Waals surface area contributed by atoms with Gasteiger partial charge in [0.05, 0.1) is 17.7 Å². The largest absolute Gasteiger partial charge is 0.497 e. The average Bonchev–Trinajstić information content (AvgIpc) is 3.29. The van der Waals surface area contributed by atoms with Crippen molar-refractivity contribution < 1.29 is 35.5 Å². The van der Waals surface area contributed by atoms with Gasteiger partial charge in [-0.15, -0.1) is 0 Å². The number of benzene rings is 3. The van der Waals surface area contributed by atoms with Gasteiger partial charge < -0.3 is 10.1 Å². The maximum atomic E-state index is 15.1. The zero-order chi connectivity index (χ0) is 28.5. The molecule has 0 spiro atoms. The number of halogens is 4. The molecule has 9 nitrogen and oxygen atoms in total. The molecule has 4 aromatic rings.